The lowest BCUT2D eigenvalue weighted by Gasteiger charge is -2.46. The highest BCUT2D eigenvalue weighted by atomic mass is 28.2. The van der Waals surface area contributed by atoms with Crippen molar-refractivity contribution in [3.63, 3.8) is 0 Å². The van der Waals surface area contributed by atoms with Crippen molar-refractivity contribution >= 4 is 10.5 Å². The molecule has 0 aromatic heterocycles. The normalized spacial score (nSPS) is 15.1. The molecule has 0 heterocycles. The third-order valence-electron chi connectivity index (χ3n) is 3.66. The minimum atomic E-state index is -0.196. The van der Waals surface area contributed by atoms with Crippen molar-refractivity contribution in [1.82, 2.24) is 0 Å². The molecule has 0 bridgehead atoms. The van der Waals surface area contributed by atoms with E-state index in [9.17, 15) is 0 Å². The summed E-state index contributed by atoms with van der Waals surface area (Å²) in [7, 11) is 0.740. The standard InChI is InChI=1S/C12H24OSi/c1-7-10(4)12(8-2,9-3)11(5,6)13-14/h8-10H,2-3,7H2,1,4-6,14H3. The Labute approximate surface area is 91.8 Å². The van der Waals surface area contributed by atoms with Gasteiger partial charge in [0.05, 0.1) is 5.60 Å². The maximum absolute atomic E-state index is 5.70. The molecule has 0 N–H and O–H groups in total. The van der Waals surface area contributed by atoms with E-state index in [1.54, 1.807) is 0 Å². The van der Waals surface area contributed by atoms with E-state index in [0.29, 0.717) is 5.92 Å². The highest BCUT2D eigenvalue weighted by molar-refractivity contribution is 5.98. The molecule has 0 aliphatic carbocycles. The van der Waals surface area contributed by atoms with E-state index < -0.39 is 0 Å². The van der Waals surface area contributed by atoms with Gasteiger partial charge in [-0.05, 0) is 19.8 Å². The molecule has 0 saturated heterocycles. The third kappa shape index (κ3) is 2.01. The maximum atomic E-state index is 5.70. The summed E-state index contributed by atoms with van der Waals surface area (Å²) in [4.78, 5) is 0. The summed E-state index contributed by atoms with van der Waals surface area (Å²) in [5, 5.41) is 0. The molecule has 0 amide bonds. The van der Waals surface area contributed by atoms with Crippen LogP contribution in [-0.2, 0) is 4.43 Å². The molecule has 0 aromatic rings. The summed E-state index contributed by atoms with van der Waals surface area (Å²) < 4.78 is 5.70. The van der Waals surface area contributed by atoms with Gasteiger partial charge in [-0.2, -0.15) is 0 Å². The zero-order chi connectivity index (χ0) is 11.4. The van der Waals surface area contributed by atoms with Crippen molar-refractivity contribution in [2.24, 2.45) is 11.3 Å². The third-order valence-corrected chi connectivity index (χ3v) is 4.68. The lowest BCUT2D eigenvalue weighted by Crippen LogP contribution is -2.46. The van der Waals surface area contributed by atoms with Crippen LogP contribution in [0.3, 0.4) is 0 Å². The lowest BCUT2D eigenvalue weighted by molar-refractivity contribution is 0.00133. The molecule has 14 heavy (non-hydrogen) atoms. The summed E-state index contributed by atoms with van der Waals surface area (Å²) in [6.45, 7) is 16.6. The highest BCUT2D eigenvalue weighted by Gasteiger charge is 2.43. The molecule has 0 aliphatic rings. The zero-order valence-corrected chi connectivity index (χ0v) is 12.3. The van der Waals surface area contributed by atoms with Crippen LogP contribution in [0, 0.1) is 11.3 Å². The molecular weight excluding hydrogens is 188 g/mol. The maximum Gasteiger partial charge on any atom is 0.146 e. The van der Waals surface area contributed by atoms with E-state index in [0.717, 1.165) is 16.9 Å². The molecule has 82 valence electrons. The molecule has 0 saturated carbocycles. The molecule has 0 radical (unpaired) electrons. The Morgan fingerprint density at radius 3 is 2.00 bits per heavy atom. The van der Waals surface area contributed by atoms with E-state index in [1.165, 1.54) is 0 Å². The van der Waals surface area contributed by atoms with E-state index in [4.69, 9.17) is 4.43 Å². The predicted molar refractivity (Wildman–Crippen MR) is 67.4 cm³/mol. The summed E-state index contributed by atoms with van der Waals surface area (Å²) in [5.41, 5.74) is -0.318. The molecule has 0 aliphatic heterocycles. The van der Waals surface area contributed by atoms with Gasteiger partial charge in [0.1, 0.15) is 10.5 Å². The Morgan fingerprint density at radius 1 is 1.36 bits per heavy atom. The van der Waals surface area contributed by atoms with Gasteiger partial charge >= 0.3 is 0 Å². The highest BCUT2D eigenvalue weighted by Crippen LogP contribution is 2.44. The minimum absolute atomic E-state index is 0.122. The van der Waals surface area contributed by atoms with Crippen LogP contribution in [0.25, 0.3) is 0 Å². The lowest BCUT2D eigenvalue weighted by atomic mass is 9.65. The summed E-state index contributed by atoms with van der Waals surface area (Å²) in [5.74, 6) is 0.501. The zero-order valence-electron chi connectivity index (χ0n) is 10.3. The Hall–Kier alpha value is -0.343. The number of hydrogen-bond acceptors (Lipinski definition) is 1. The minimum Gasteiger partial charge on any atom is -0.422 e. The van der Waals surface area contributed by atoms with Crippen molar-refractivity contribution in [3.05, 3.63) is 25.3 Å². The quantitative estimate of drug-likeness (QED) is 0.485. The van der Waals surface area contributed by atoms with Crippen molar-refractivity contribution in [2.75, 3.05) is 0 Å². The average molecular weight is 212 g/mol. The smallest absolute Gasteiger partial charge is 0.146 e. The molecule has 0 spiro atoms. The molecular formula is C12H24OSi. The fourth-order valence-electron chi connectivity index (χ4n) is 2.09. The second-order valence-corrected chi connectivity index (χ2v) is 4.77. The first-order valence-corrected chi connectivity index (χ1v) is 6.05. The molecule has 1 unspecified atom stereocenters. The first-order chi connectivity index (χ1) is 6.41. The SMILES string of the molecule is C=CC(C=C)(C(C)CC)C(C)(C)O[SiH3]. The van der Waals surface area contributed by atoms with Crippen LogP contribution in [-0.4, -0.2) is 16.1 Å². The molecule has 1 atom stereocenters. The van der Waals surface area contributed by atoms with Gasteiger partial charge in [0.15, 0.2) is 0 Å². The monoisotopic (exact) mass is 212 g/mol. The van der Waals surface area contributed by atoms with Crippen molar-refractivity contribution in [2.45, 2.75) is 39.7 Å². The van der Waals surface area contributed by atoms with Crippen LogP contribution in [0.15, 0.2) is 25.3 Å². The average Bonchev–Trinajstić information content (AvgIpc) is 2.19. The second-order valence-electron chi connectivity index (χ2n) is 4.36. The molecule has 2 heteroatoms. The Balaban J connectivity index is 5.27. The van der Waals surface area contributed by atoms with Gasteiger partial charge in [-0.3, -0.25) is 0 Å². The van der Waals surface area contributed by atoms with Crippen molar-refractivity contribution in [1.29, 1.82) is 0 Å². The van der Waals surface area contributed by atoms with Crippen LogP contribution < -0.4 is 0 Å². The topological polar surface area (TPSA) is 9.23 Å². The predicted octanol–water partition coefficient (Wildman–Crippen LogP) is 2.47. The Bertz CT molecular complexity index is 200. The van der Waals surface area contributed by atoms with Crippen LogP contribution in [0.4, 0.5) is 0 Å². The first kappa shape index (κ1) is 13.7. The summed E-state index contributed by atoms with van der Waals surface area (Å²) in [6.07, 6.45) is 5.09. The largest absolute Gasteiger partial charge is 0.422 e. The van der Waals surface area contributed by atoms with E-state index in [2.05, 4.69) is 40.9 Å². The van der Waals surface area contributed by atoms with E-state index in [1.807, 2.05) is 12.2 Å². The number of rotatable bonds is 6. The second kappa shape index (κ2) is 4.94. The van der Waals surface area contributed by atoms with Crippen LogP contribution in [0.1, 0.15) is 34.1 Å². The number of hydrogen-bond donors (Lipinski definition) is 0. The van der Waals surface area contributed by atoms with Gasteiger partial charge in [-0.1, -0.05) is 32.4 Å². The van der Waals surface area contributed by atoms with Gasteiger partial charge in [0.2, 0.25) is 0 Å². The van der Waals surface area contributed by atoms with E-state index >= 15 is 0 Å². The Kier molecular flexibility index (Phi) is 4.82. The fraction of sp³-hybridized carbons (Fsp3) is 0.667. The van der Waals surface area contributed by atoms with Crippen LogP contribution in [0.2, 0.25) is 0 Å². The van der Waals surface area contributed by atoms with Gasteiger partial charge in [-0.25, -0.2) is 0 Å². The fourth-order valence-corrected chi connectivity index (χ4v) is 2.44. The molecule has 0 fully saturated rings. The van der Waals surface area contributed by atoms with E-state index in [-0.39, 0.29) is 11.0 Å². The van der Waals surface area contributed by atoms with Crippen molar-refractivity contribution in [3.8, 4) is 0 Å². The van der Waals surface area contributed by atoms with Gasteiger partial charge in [0, 0.05) is 5.41 Å². The molecule has 0 rings (SSSR count). The Morgan fingerprint density at radius 2 is 1.79 bits per heavy atom. The summed E-state index contributed by atoms with van der Waals surface area (Å²) >= 11 is 0. The molecule has 0 aromatic carbocycles. The van der Waals surface area contributed by atoms with Crippen molar-refractivity contribution < 1.29 is 4.43 Å². The summed E-state index contributed by atoms with van der Waals surface area (Å²) in [6, 6.07) is 0. The van der Waals surface area contributed by atoms with Gasteiger partial charge in [-0.15, -0.1) is 13.2 Å². The van der Waals surface area contributed by atoms with Crippen LogP contribution >= 0.6 is 0 Å². The molecule has 1 nitrogen and oxygen atoms in total. The van der Waals surface area contributed by atoms with Gasteiger partial charge < -0.3 is 4.43 Å². The van der Waals surface area contributed by atoms with Crippen LogP contribution in [0.5, 0.6) is 0 Å². The first-order valence-electron chi connectivity index (χ1n) is 5.24. The van der Waals surface area contributed by atoms with Gasteiger partial charge in [0.25, 0.3) is 0 Å².